The van der Waals surface area contributed by atoms with E-state index >= 15 is 0 Å². The lowest BCUT2D eigenvalue weighted by Crippen LogP contribution is -2.50. The van der Waals surface area contributed by atoms with Crippen LogP contribution in [0.4, 0.5) is 0 Å². The van der Waals surface area contributed by atoms with Gasteiger partial charge in [-0.3, -0.25) is 0 Å². The van der Waals surface area contributed by atoms with Gasteiger partial charge in [0.25, 0.3) is 0 Å². The van der Waals surface area contributed by atoms with Crippen molar-refractivity contribution in [2.24, 2.45) is 0 Å². The average Bonchev–Trinajstić information content (AvgIpc) is 2.29. The third-order valence-electron chi connectivity index (χ3n) is 2.05. The Balaban J connectivity index is 5.59. The second-order valence-corrected chi connectivity index (χ2v) is 9.58. The minimum Gasteiger partial charge on any atom is -0.463 e. The SMILES string of the molecule is CCOC(=O)C(C#C[Si](C)(C)C)(OC)C(=O)OCC. The van der Waals surface area contributed by atoms with Gasteiger partial charge >= 0.3 is 17.5 Å². The maximum absolute atomic E-state index is 12.0. The molecule has 0 saturated carbocycles. The number of carbonyl (C=O) groups is 2. The molecule has 6 heteroatoms. The van der Waals surface area contributed by atoms with Crippen molar-refractivity contribution >= 4 is 20.0 Å². The summed E-state index contributed by atoms with van der Waals surface area (Å²) in [7, 11) is -0.535. The van der Waals surface area contributed by atoms with Crippen LogP contribution in [0.15, 0.2) is 0 Å². The second-order valence-electron chi connectivity index (χ2n) is 4.83. The van der Waals surface area contributed by atoms with Gasteiger partial charge in [0.2, 0.25) is 0 Å². The zero-order chi connectivity index (χ0) is 15.1. The summed E-state index contributed by atoms with van der Waals surface area (Å²) in [5, 5.41) is 0. The zero-order valence-corrected chi connectivity index (χ0v) is 13.5. The topological polar surface area (TPSA) is 61.8 Å². The summed E-state index contributed by atoms with van der Waals surface area (Å²) in [6.45, 7) is 9.56. The smallest absolute Gasteiger partial charge is 0.363 e. The number of carbonyl (C=O) groups excluding carboxylic acids is 2. The molecule has 108 valence electrons. The van der Waals surface area contributed by atoms with Gasteiger partial charge < -0.3 is 14.2 Å². The molecule has 0 aliphatic carbocycles. The fraction of sp³-hybridized carbons (Fsp3) is 0.692. The third-order valence-corrected chi connectivity index (χ3v) is 2.92. The molecule has 0 fully saturated rings. The number of rotatable bonds is 5. The number of hydrogen-bond donors (Lipinski definition) is 0. The van der Waals surface area contributed by atoms with Gasteiger partial charge in [-0.05, 0) is 13.8 Å². The minimum atomic E-state index is -1.98. The summed E-state index contributed by atoms with van der Waals surface area (Å²) in [6.07, 6.45) is 0. The van der Waals surface area contributed by atoms with E-state index in [0.29, 0.717) is 0 Å². The van der Waals surface area contributed by atoms with Gasteiger partial charge in [0, 0.05) is 7.11 Å². The Morgan fingerprint density at radius 2 is 1.47 bits per heavy atom. The quantitative estimate of drug-likeness (QED) is 0.331. The third kappa shape index (κ3) is 5.05. The van der Waals surface area contributed by atoms with Crippen LogP contribution >= 0.6 is 0 Å². The molecule has 0 unspecified atom stereocenters. The monoisotopic (exact) mass is 286 g/mol. The van der Waals surface area contributed by atoms with E-state index in [0.717, 1.165) is 0 Å². The van der Waals surface area contributed by atoms with Gasteiger partial charge in [-0.15, -0.1) is 5.54 Å². The van der Waals surface area contributed by atoms with Gasteiger partial charge in [0.05, 0.1) is 13.2 Å². The summed E-state index contributed by atoms with van der Waals surface area (Å²) >= 11 is 0. The first-order chi connectivity index (χ1) is 8.73. The standard InChI is InChI=1S/C13H22O5Si/c1-7-17-11(14)13(16-3,12(15)18-8-2)9-10-19(4,5)6/h7-8H2,1-6H3. The Labute approximate surface area is 115 Å². The molecule has 0 aromatic heterocycles. The van der Waals surface area contributed by atoms with Crippen LogP contribution in [0.3, 0.4) is 0 Å². The van der Waals surface area contributed by atoms with Crippen molar-refractivity contribution in [2.45, 2.75) is 39.1 Å². The van der Waals surface area contributed by atoms with Crippen molar-refractivity contribution in [3.63, 3.8) is 0 Å². The normalized spacial score (nSPS) is 11.3. The molecule has 0 aromatic carbocycles. The van der Waals surface area contributed by atoms with Crippen LogP contribution < -0.4 is 0 Å². The van der Waals surface area contributed by atoms with Gasteiger partial charge in [-0.25, -0.2) is 9.59 Å². The molecule has 0 aliphatic rings. The maximum atomic E-state index is 12.0. The number of ether oxygens (including phenoxy) is 3. The fourth-order valence-corrected chi connectivity index (χ4v) is 1.70. The first kappa shape index (κ1) is 17.7. The Bertz CT molecular complexity index is 368. The first-order valence-corrected chi connectivity index (χ1v) is 9.67. The van der Waals surface area contributed by atoms with E-state index in [2.05, 4.69) is 11.5 Å². The lowest BCUT2D eigenvalue weighted by Gasteiger charge is -2.22. The molecule has 0 bridgehead atoms. The largest absolute Gasteiger partial charge is 0.463 e. The van der Waals surface area contributed by atoms with E-state index < -0.39 is 25.6 Å². The number of hydrogen-bond acceptors (Lipinski definition) is 5. The molecule has 19 heavy (non-hydrogen) atoms. The Morgan fingerprint density at radius 3 is 1.74 bits per heavy atom. The predicted octanol–water partition coefficient (Wildman–Crippen LogP) is 1.38. The van der Waals surface area contributed by atoms with Gasteiger partial charge in [0.15, 0.2) is 0 Å². The van der Waals surface area contributed by atoms with Crippen LogP contribution in [0.1, 0.15) is 13.8 Å². The highest BCUT2D eigenvalue weighted by atomic mass is 28.3. The van der Waals surface area contributed by atoms with E-state index in [1.165, 1.54) is 7.11 Å². The first-order valence-electron chi connectivity index (χ1n) is 6.17. The maximum Gasteiger partial charge on any atom is 0.363 e. The molecule has 0 heterocycles. The molecule has 0 aliphatic heterocycles. The number of esters is 2. The average molecular weight is 286 g/mol. The van der Waals surface area contributed by atoms with Gasteiger partial charge in [-0.2, -0.15) is 0 Å². The fourth-order valence-electron chi connectivity index (χ4n) is 1.14. The second kappa shape index (κ2) is 7.31. The molecule has 0 rings (SSSR count). The van der Waals surface area contributed by atoms with Crippen LogP contribution in [-0.2, 0) is 23.8 Å². The highest BCUT2D eigenvalue weighted by molar-refractivity contribution is 6.83. The lowest BCUT2D eigenvalue weighted by atomic mass is 10.1. The van der Waals surface area contributed by atoms with Gasteiger partial charge in [0.1, 0.15) is 8.07 Å². The van der Waals surface area contributed by atoms with E-state index in [-0.39, 0.29) is 13.2 Å². The molecule has 0 radical (unpaired) electrons. The Hall–Kier alpha value is -1.32. The molecule has 5 nitrogen and oxygen atoms in total. The van der Waals surface area contributed by atoms with Gasteiger partial charge in [-0.1, -0.05) is 25.6 Å². The summed E-state index contributed by atoms with van der Waals surface area (Å²) in [6, 6.07) is 0. The van der Waals surface area contributed by atoms with E-state index in [9.17, 15) is 9.59 Å². The van der Waals surface area contributed by atoms with Crippen molar-refractivity contribution in [3.8, 4) is 11.5 Å². The van der Waals surface area contributed by atoms with Crippen molar-refractivity contribution in [3.05, 3.63) is 0 Å². The van der Waals surface area contributed by atoms with Crippen molar-refractivity contribution in [1.82, 2.24) is 0 Å². The highest BCUT2D eigenvalue weighted by Crippen LogP contribution is 2.15. The molecule has 0 aromatic rings. The Kier molecular flexibility index (Phi) is 6.80. The molecule has 0 spiro atoms. The van der Waals surface area contributed by atoms with Crippen molar-refractivity contribution in [2.75, 3.05) is 20.3 Å². The summed E-state index contributed by atoms with van der Waals surface area (Å²) < 4.78 is 14.8. The zero-order valence-electron chi connectivity index (χ0n) is 12.5. The lowest BCUT2D eigenvalue weighted by molar-refractivity contribution is -0.179. The molecule has 0 N–H and O–H groups in total. The van der Waals surface area contributed by atoms with Crippen LogP contribution in [0.25, 0.3) is 0 Å². The molecule has 0 saturated heterocycles. The van der Waals surface area contributed by atoms with Crippen LogP contribution in [0.2, 0.25) is 19.6 Å². The predicted molar refractivity (Wildman–Crippen MR) is 74.1 cm³/mol. The molecular formula is C13H22O5Si. The highest BCUT2D eigenvalue weighted by Gasteiger charge is 2.49. The van der Waals surface area contributed by atoms with Crippen LogP contribution in [0.5, 0.6) is 0 Å². The number of methoxy groups -OCH3 is 1. The minimum absolute atomic E-state index is 0.137. The van der Waals surface area contributed by atoms with Crippen molar-refractivity contribution in [1.29, 1.82) is 0 Å². The Morgan fingerprint density at radius 1 is 1.05 bits per heavy atom. The van der Waals surface area contributed by atoms with E-state index in [4.69, 9.17) is 14.2 Å². The molecular weight excluding hydrogens is 264 g/mol. The molecule has 0 amide bonds. The van der Waals surface area contributed by atoms with E-state index in [1.54, 1.807) is 13.8 Å². The van der Waals surface area contributed by atoms with Crippen LogP contribution in [0, 0.1) is 11.5 Å². The van der Waals surface area contributed by atoms with E-state index in [1.807, 2.05) is 19.6 Å². The van der Waals surface area contributed by atoms with Crippen molar-refractivity contribution < 1.29 is 23.8 Å². The summed E-state index contributed by atoms with van der Waals surface area (Å²) in [4.78, 5) is 24.0. The molecule has 0 atom stereocenters. The summed E-state index contributed by atoms with van der Waals surface area (Å²) in [5.74, 6) is 0.969. The summed E-state index contributed by atoms with van der Waals surface area (Å²) in [5.41, 5.74) is 0.975. The van der Waals surface area contributed by atoms with Crippen LogP contribution in [-0.4, -0.2) is 45.9 Å².